The van der Waals surface area contributed by atoms with Crippen molar-refractivity contribution in [2.24, 2.45) is 0 Å². The number of halogens is 1. The zero-order chi connectivity index (χ0) is 16.5. The van der Waals surface area contributed by atoms with E-state index in [9.17, 15) is 0 Å². The van der Waals surface area contributed by atoms with Crippen LogP contribution in [0, 0.1) is 0 Å². The average Bonchev–Trinajstić information content (AvgIpc) is 3.21. The number of hydrogen-bond donors (Lipinski definition) is 0. The highest BCUT2D eigenvalue weighted by Crippen LogP contribution is 2.20. The molecule has 8 heteroatoms. The second kappa shape index (κ2) is 6.04. The summed E-state index contributed by atoms with van der Waals surface area (Å²) in [6.07, 6.45) is 4.08. The van der Waals surface area contributed by atoms with E-state index < -0.39 is 0 Å². The third kappa shape index (κ3) is 2.88. The van der Waals surface area contributed by atoms with Gasteiger partial charge < -0.3 is 9.15 Å². The molecule has 1 aromatic carbocycles. The molecule has 0 amide bonds. The lowest BCUT2D eigenvalue weighted by molar-refractivity contribution is 0.414. The van der Waals surface area contributed by atoms with Gasteiger partial charge in [-0.15, -0.1) is 10.2 Å². The molecule has 0 radical (unpaired) electrons. The predicted molar refractivity (Wildman–Crippen MR) is 89.8 cm³/mol. The Morgan fingerprint density at radius 2 is 2.04 bits per heavy atom. The Hall–Kier alpha value is -2.74. The second-order valence-electron chi connectivity index (χ2n) is 5.13. The number of ether oxygens (including phenoxy) is 1. The largest absolute Gasteiger partial charge is 0.497 e. The van der Waals surface area contributed by atoms with Crippen LogP contribution in [0.4, 0.5) is 0 Å². The van der Waals surface area contributed by atoms with Crippen LogP contribution in [-0.4, -0.2) is 31.9 Å². The molecule has 0 unspecified atom stereocenters. The first-order valence-electron chi connectivity index (χ1n) is 7.18. The average molecular weight is 386 g/mol. The van der Waals surface area contributed by atoms with Gasteiger partial charge in [0.25, 0.3) is 5.89 Å². The number of benzene rings is 1. The highest BCUT2D eigenvalue weighted by molar-refractivity contribution is 9.10. The van der Waals surface area contributed by atoms with E-state index in [1.807, 2.05) is 30.5 Å². The van der Waals surface area contributed by atoms with E-state index in [1.165, 1.54) is 0 Å². The van der Waals surface area contributed by atoms with Crippen molar-refractivity contribution in [3.05, 3.63) is 58.7 Å². The number of methoxy groups -OCH3 is 1. The van der Waals surface area contributed by atoms with Gasteiger partial charge in [-0.3, -0.25) is 0 Å². The van der Waals surface area contributed by atoms with Gasteiger partial charge in [-0.1, -0.05) is 12.1 Å². The third-order valence-corrected chi connectivity index (χ3v) is 3.89. The van der Waals surface area contributed by atoms with Crippen LogP contribution in [0.25, 0.3) is 17.2 Å². The Bertz CT molecular complexity index is 993. The number of hydrogen-bond acceptors (Lipinski definition) is 6. The van der Waals surface area contributed by atoms with Crippen LogP contribution in [0.2, 0.25) is 0 Å². The molecule has 120 valence electrons. The molecule has 0 aliphatic heterocycles. The number of aromatic nitrogens is 5. The Morgan fingerprint density at radius 3 is 2.83 bits per heavy atom. The maximum Gasteiger partial charge on any atom is 0.268 e. The Morgan fingerprint density at radius 1 is 1.21 bits per heavy atom. The minimum atomic E-state index is 0.375. The van der Waals surface area contributed by atoms with Gasteiger partial charge in [0.1, 0.15) is 5.75 Å². The van der Waals surface area contributed by atoms with Crippen LogP contribution in [0.5, 0.6) is 5.75 Å². The minimum absolute atomic E-state index is 0.375. The van der Waals surface area contributed by atoms with Crippen molar-refractivity contribution in [2.75, 3.05) is 7.11 Å². The monoisotopic (exact) mass is 385 g/mol. The lowest BCUT2D eigenvalue weighted by Crippen LogP contribution is -1.89. The van der Waals surface area contributed by atoms with Crippen LogP contribution < -0.4 is 4.74 Å². The van der Waals surface area contributed by atoms with Crippen molar-refractivity contribution in [1.82, 2.24) is 24.8 Å². The molecule has 0 saturated carbocycles. The highest BCUT2D eigenvalue weighted by atomic mass is 79.9. The molecule has 4 rings (SSSR count). The van der Waals surface area contributed by atoms with E-state index in [2.05, 4.69) is 36.2 Å². The predicted octanol–water partition coefficient (Wildman–Crippen LogP) is 3.14. The molecule has 3 aromatic heterocycles. The number of nitrogens with zero attached hydrogens (tertiary/aromatic N) is 5. The summed E-state index contributed by atoms with van der Waals surface area (Å²) in [5.41, 5.74) is 2.36. The zero-order valence-electron chi connectivity index (χ0n) is 12.7. The summed E-state index contributed by atoms with van der Waals surface area (Å²) in [4.78, 5) is 4.27. The topological polar surface area (TPSA) is 78.3 Å². The smallest absolute Gasteiger partial charge is 0.268 e. The molecule has 0 aliphatic rings. The molecule has 0 fully saturated rings. The molecule has 7 nitrogen and oxygen atoms in total. The van der Waals surface area contributed by atoms with E-state index in [0.29, 0.717) is 29.5 Å². The molecular weight excluding hydrogens is 374 g/mol. The van der Waals surface area contributed by atoms with E-state index >= 15 is 0 Å². The molecule has 0 bridgehead atoms. The molecule has 0 N–H and O–H groups in total. The van der Waals surface area contributed by atoms with Gasteiger partial charge in [0.15, 0.2) is 11.3 Å². The van der Waals surface area contributed by atoms with Gasteiger partial charge in [-0.25, -0.2) is 9.50 Å². The van der Waals surface area contributed by atoms with Crippen molar-refractivity contribution in [2.45, 2.75) is 6.42 Å². The van der Waals surface area contributed by atoms with E-state index in [-0.39, 0.29) is 0 Å². The lowest BCUT2D eigenvalue weighted by Gasteiger charge is -2.00. The van der Waals surface area contributed by atoms with Crippen molar-refractivity contribution in [1.29, 1.82) is 0 Å². The maximum atomic E-state index is 5.72. The summed E-state index contributed by atoms with van der Waals surface area (Å²) in [5.74, 6) is 1.72. The first-order chi connectivity index (χ1) is 11.7. The highest BCUT2D eigenvalue weighted by Gasteiger charge is 2.13. The summed E-state index contributed by atoms with van der Waals surface area (Å²) in [6.45, 7) is 0. The fraction of sp³-hybridized carbons (Fsp3) is 0.125. The summed E-state index contributed by atoms with van der Waals surface area (Å²) in [7, 11) is 1.64. The third-order valence-electron chi connectivity index (χ3n) is 3.48. The van der Waals surface area contributed by atoms with Gasteiger partial charge in [0.2, 0.25) is 5.89 Å². The van der Waals surface area contributed by atoms with Crippen molar-refractivity contribution in [3.8, 4) is 17.3 Å². The van der Waals surface area contributed by atoms with Crippen LogP contribution >= 0.6 is 15.9 Å². The number of rotatable bonds is 4. The van der Waals surface area contributed by atoms with Gasteiger partial charge in [0, 0.05) is 18.5 Å². The first kappa shape index (κ1) is 14.8. The van der Waals surface area contributed by atoms with Crippen LogP contribution in [0.15, 0.2) is 51.6 Å². The molecule has 0 saturated heterocycles. The van der Waals surface area contributed by atoms with Gasteiger partial charge in [0.05, 0.1) is 18.0 Å². The van der Waals surface area contributed by atoms with Crippen molar-refractivity contribution < 1.29 is 9.15 Å². The van der Waals surface area contributed by atoms with E-state index in [0.717, 1.165) is 15.8 Å². The molecule has 24 heavy (non-hydrogen) atoms. The van der Waals surface area contributed by atoms with Gasteiger partial charge >= 0.3 is 0 Å². The molecule has 3 heterocycles. The van der Waals surface area contributed by atoms with Crippen LogP contribution in [0.3, 0.4) is 0 Å². The molecule has 0 atom stereocenters. The quantitative estimate of drug-likeness (QED) is 0.536. The lowest BCUT2D eigenvalue weighted by atomic mass is 10.1. The Kier molecular flexibility index (Phi) is 3.73. The molecule has 0 aliphatic carbocycles. The Labute approximate surface area is 145 Å². The normalized spacial score (nSPS) is 11.1. The summed E-state index contributed by atoms with van der Waals surface area (Å²) in [6, 6.07) is 9.54. The van der Waals surface area contributed by atoms with Gasteiger partial charge in [-0.2, -0.15) is 5.10 Å². The standard InChI is InChI=1S/C16H12BrN5O2/c1-23-12-4-2-10(3-5-12)6-15-19-20-16(24-15)13-7-14-18-8-11(17)9-22(14)21-13/h2-5,7-9H,6H2,1H3. The molecular formula is C16H12BrN5O2. The van der Waals surface area contributed by atoms with E-state index in [1.54, 1.807) is 23.9 Å². The van der Waals surface area contributed by atoms with Crippen LogP contribution in [-0.2, 0) is 6.42 Å². The summed E-state index contributed by atoms with van der Waals surface area (Å²) in [5, 5.41) is 12.6. The van der Waals surface area contributed by atoms with Gasteiger partial charge in [-0.05, 0) is 33.6 Å². The summed E-state index contributed by atoms with van der Waals surface area (Å²) >= 11 is 3.37. The first-order valence-corrected chi connectivity index (χ1v) is 7.97. The fourth-order valence-electron chi connectivity index (χ4n) is 2.31. The number of fused-ring (bicyclic) bond motifs is 1. The Balaban J connectivity index is 1.58. The SMILES string of the molecule is COc1ccc(Cc2nnc(-c3cc4ncc(Br)cn4n3)o2)cc1. The zero-order valence-corrected chi connectivity index (χ0v) is 14.3. The summed E-state index contributed by atoms with van der Waals surface area (Å²) < 4.78 is 13.4. The molecule has 0 spiro atoms. The maximum absolute atomic E-state index is 5.72. The van der Waals surface area contributed by atoms with Crippen molar-refractivity contribution >= 4 is 21.6 Å². The molecule has 4 aromatic rings. The fourth-order valence-corrected chi connectivity index (χ4v) is 2.60. The van der Waals surface area contributed by atoms with E-state index in [4.69, 9.17) is 9.15 Å². The minimum Gasteiger partial charge on any atom is -0.497 e. The van der Waals surface area contributed by atoms with Crippen molar-refractivity contribution in [3.63, 3.8) is 0 Å². The second-order valence-corrected chi connectivity index (χ2v) is 6.05. The van der Waals surface area contributed by atoms with Crippen LogP contribution in [0.1, 0.15) is 11.5 Å².